The molecular weight excluding hydrogens is 207 g/mol. The van der Waals surface area contributed by atoms with E-state index in [0.717, 1.165) is 10.6 Å². The second-order valence-electron chi connectivity index (χ2n) is 3.23. The minimum absolute atomic E-state index is 0.173. The van der Waals surface area contributed by atoms with Gasteiger partial charge in [0.2, 0.25) is 0 Å². The molecule has 0 aliphatic rings. The molecule has 0 aliphatic heterocycles. The smallest absolute Gasteiger partial charge is 0.124 e. The van der Waals surface area contributed by atoms with Gasteiger partial charge in [-0.3, -0.25) is 0 Å². The number of halogens is 1. The Morgan fingerprint density at radius 1 is 0.933 bits per heavy atom. The Kier molecular flexibility index (Phi) is 3.41. The van der Waals surface area contributed by atoms with Gasteiger partial charge in [0.25, 0.3) is 0 Å². The zero-order chi connectivity index (χ0) is 10.5. The summed E-state index contributed by atoms with van der Waals surface area (Å²) < 4.78 is 12.9. The van der Waals surface area contributed by atoms with E-state index in [1.165, 1.54) is 11.6 Å². The third-order valence-electron chi connectivity index (χ3n) is 2.04. The zero-order valence-corrected chi connectivity index (χ0v) is 9.01. The van der Waals surface area contributed by atoms with Crippen LogP contribution in [-0.2, 0) is 5.75 Å². The molecular formula is C13H11FS. The lowest BCUT2D eigenvalue weighted by Crippen LogP contribution is -1.80. The summed E-state index contributed by atoms with van der Waals surface area (Å²) in [4.78, 5) is 0.971. The molecule has 2 heteroatoms. The summed E-state index contributed by atoms with van der Waals surface area (Å²) in [5.41, 5.74) is 1.26. The lowest BCUT2D eigenvalue weighted by Gasteiger charge is -2.01. The fraction of sp³-hybridized carbons (Fsp3) is 0.0769. The van der Waals surface area contributed by atoms with E-state index in [0.29, 0.717) is 0 Å². The van der Waals surface area contributed by atoms with Crippen LogP contribution in [0, 0.1) is 5.82 Å². The van der Waals surface area contributed by atoms with E-state index < -0.39 is 0 Å². The molecule has 0 radical (unpaired) electrons. The molecule has 0 saturated carbocycles. The van der Waals surface area contributed by atoms with Gasteiger partial charge in [-0.05, 0) is 23.8 Å². The molecule has 0 N–H and O–H groups in total. The lowest BCUT2D eigenvalue weighted by molar-refractivity contribution is 0.624. The summed E-state index contributed by atoms with van der Waals surface area (Å²) in [7, 11) is 0. The first-order chi connectivity index (χ1) is 7.34. The first-order valence-corrected chi connectivity index (χ1v) is 5.75. The SMILES string of the molecule is Fc1cccc(SCc2ccccc2)c1. The van der Waals surface area contributed by atoms with E-state index in [1.807, 2.05) is 24.3 Å². The molecule has 0 atom stereocenters. The normalized spacial score (nSPS) is 10.2. The van der Waals surface area contributed by atoms with Crippen LogP contribution in [0.4, 0.5) is 4.39 Å². The molecule has 0 nitrogen and oxygen atoms in total. The molecule has 0 amide bonds. The monoisotopic (exact) mass is 218 g/mol. The van der Waals surface area contributed by atoms with Gasteiger partial charge in [-0.2, -0.15) is 0 Å². The Morgan fingerprint density at radius 3 is 2.47 bits per heavy atom. The Labute approximate surface area is 93.1 Å². The van der Waals surface area contributed by atoms with Crippen molar-refractivity contribution in [2.75, 3.05) is 0 Å². The summed E-state index contributed by atoms with van der Waals surface area (Å²) in [6, 6.07) is 16.9. The van der Waals surface area contributed by atoms with Crippen molar-refractivity contribution in [1.82, 2.24) is 0 Å². The Balaban J connectivity index is 1.99. The van der Waals surface area contributed by atoms with E-state index in [4.69, 9.17) is 0 Å². The Hall–Kier alpha value is -1.28. The molecule has 0 bridgehead atoms. The van der Waals surface area contributed by atoms with Gasteiger partial charge >= 0.3 is 0 Å². The third-order valence-corrected chi connectivity index (χ3v) is 3.11. The molecule has 2 rings (SSSR count). The molecule has 0 fully saturated rings. The van der Waals surface area contributed by atoms with Crippen LogP contribution in [0.15, 0.2) is 59.5 Å². The van der Waals surface area contributed by atoms with Crippen molar-refractivity contribution in [1.29, 1.82) is 0 Å². The van der Waals surface area contributed by atoms with Gasteiger partial charge in [-0.1, -0.05) is 36.4 Å². The highest BCUT2D eigenvalue weighted by Crippen LogP contribution is 2.22. The first-order valence-electron chi connectivity index (χ1n) is 4.77. The molecule has 2 aromatic carbocycles. The molecule has 0 unspecified atom stereocenters. The van der Waals surface area contributed by atoms with Crippen LogP contribution >= 0.6 is 11.8 Å². The van der Waals surface area contributed by atoms with Crippen molar-refractivity contribution in [2.24, 2.45) is 0 Å². The predicted octanol–water partition coefficient (Wildman–Crippen LogP) is 4.12. The second-order valence-corrected chi connectivity index (χ2v) is 4.28. The van der Waals surface area contributed by atoms with E-state index in [-0.39, 0.29) is 5.82 Å². The topological polar surface area (TPSA) is 0 Å². The van der Waals surface area contributed by atoms with E-state index in [1.54, 1.807) is 23.9 Å². The van der Waals surface area contributed by atoms with E-state index >= 15 is 0 Å². The number of benzene rings is 2. The quantitative estimate of drug-likeness (QED) is 0.698. The molecule has 0 spiro atoms. The maximum atomic E-state index is 12.9. The van der Waals surface area contributed by atoms with Crippen molar-refractivity contribution in [3.05, 3.63) is 66.0 Å². The molecule has 2 aromatic rings. The molecule has 0 saturated heterocycles. The van der Waals surface area contributed by atoms with Crippen molar-refractivity contribution in [3.8, 4) is 0 Å². The van der Waals surface area contributed by atoms with Gasteiger partial charge in [0.15, 0.2) is 0 Å². The van der Waals surface area contributed by atoms with Crippen LogP contribution in [0.2, 0.25) is 0 Å². The largest absolute Gasteiger partial charge is 0.207 e. The number of hydrogen-bond acceptors (Lipinski definition) is 1. The minimum atomic E-state index is -0.173. The van der Waals surface area contributed by atoms with Crippen molar-refractivity contribution in [3.63, 3.8) is 0 Å². The Bertz CT molecular complexity index is 426. The van der Waals surface area contributed by atoms with Gasteiger partial charge in [-0.15, -0.1) is 11.8 Å². The van der Waals surface area contributed by atoms with Crippen LogP contribution in [0.3, 0.4) is 0 Å². The van der Waals surface area contributed by atoms with Crippen molar-refractivity contribution >= 4 is 11.8 Å². The van der Waals surface area contributed by atoms with Crippen LogP contribution in [0.5, 0.6) is 0 Å². The number of thioether (sulfide) groups is 1. The standard InChI is InChI=1S/C13H11FS/c14-12-7-4-8-13(9-12)15-10-11-5-2-1-3-6-11/h1-9H,10H2. The highest BCUT2D eigenvalue weighted by molar-refractivity contribution is 7.98. The number of hydrogen-bond donors (Lipinski definition) is 0. The predicted molar refractivity (Wildman–Crippen MR) is 62.4 cm³/mol. The van der Waals surface area contributed by atoms with Gasteiger partial charge in [-0.25, -0.2) is 4.39 Å². The second kappa shape index (κ2) is 4.99. The average molecular weight is 218 g/mol. The minimum Gasteiger partial charge on any atom is -0.207 e. The zero-order valence-electron chi connectivity index (χ0n) is 8.19. The highest BCUT2D eigenvalue weighted by Gasteiger charge is 1.96. The van der Waals surface area contributed by atoms with Crippen LogP contribution in [0.1, 0.15) is 5.56 Å². The summed E-state index contributed by atoms with van der Waals surface area (Å²) in [5.74, 6) is 0.706. The van der Waals surface area contributed by atoms with Crippen molar-refractivity contribution < 1.29 is 4.39 Å². The maximum Gasteiger partial charge on any atom is 0.124 e. The van der Waals surface area contributed by atoms with Gasteiger partial charge < -0.3 is 0 Å². The third kappa shape index (κ3) is 3.10. The van der Waals surface area contributed by atoms with Gasteiger partial charge in [0.05, 0.1) is 0 Å². The maximum absolute atomic E-state index is 12.9. The highest BCUT2D eigenvalue weighted by atomic mass is 32.2. The van der Waals surface area contributed by atoms with Crippen LogP contribution in [-0.4, -0.2) is 0 Å². The fourth-order valence-electron chi connectivity index (χ4n) is 1.30. The molecule has 15 heavy (non-hydrogen) atoms. The van der Waals surface area contributed by atoms with Crippen LogP contribution < -0.4 is 0 Å². The van der Waals surface area contributed by atoms with Gasteiger partial charge in [0, 0.05) is 10.6 Å². The summed E-state index contributed by atoms with van der Waals surface area (Å²) in [6.07, 6.45) is 0. The first kappa shape index (κ1) is 10.2. The van der Waals surface area contributed by atoms with Crippen LogP contribution in [0.25, 0.3) is 0 Å². The average Bonchev–Trinajstić information content (AvgIpc) is 2.28. The summed E-state index contributed by atoms with van der Waals surface area (Å²) in [5, 5.41) is 0. The van der Waals surface area contributed by atoms with Gasteiger partial charge in [0.1, 0.15) is 5.82 Å². The molecule has 76 valence electrons. The molecule has 0 aromatic heterocycles. The fourth-order valence-corrected chi connectivity index (χ4v) is 2.19. The summed E-state index contributed by atoms with van der Waals surface area (Å²) >= 11 is 1.65. The van der Waals surface area contributed by atoms with Crippen molar-refractivity contribution in [2.45, 2.75) is 10.6 Å². The Morgan fingerprint density at radius 2 is 1.73 bits per heavy atom. The molecule has 0 aliphatic carbocycles. The summed E-state index contributed by atoms with van der Waals surface area (Å²) in [6.45, 7) is 0. The van der Waals surface area contributed by atoms with E-state index in [9.17, 15) is 4.39 Å². The lowest BCUT2D eigenvalue weighted by atomic mass is 10.2. The number of rotatable bonds is 3. The van der Waals surface area contributed by atoms with E-state index in [2.05, 4.69) is 12.1 Å². The molecule has 0 heterocycles.